The van der Waals surface area contributed by atoms with Crippen molar-refractivity contribution in [3.63, 3.8) is 0 Å². The number of aliphatic carboxylic acids is 1. The van der Waals surface area contributed by atoms with E-state index in [1.807, 2.05) is 19.9 Å². The predicted molar refractivity (Wildman–Crippen MR) is 103 cm³/mol. The highest BCUT2D eigenvalue weighted by molar-refractivity contribution is 7.80. The van der Waals surface area contributed by atoms with Crippen molar-refractivity contribution in [1.82, 2.24) is 10.6 Å². The summed E-state index contributed by atoms with van der Waals surface area (Å²) >= 11 is 4.08. The molecule has 0 saturated heterocycles. The Morgan fingerprint density at radius 1 is 1.08 bits per heavy atom. The molecule has 0 radical (unpaired) electrons. The van der Waals surface area contributed by atoms with E-state index in [9.17, 15) is 19.5 Å². The van der Waals surface area contributed by atoms with Crippen molar-refractivity contribution in [2.75, 3.05) is 5.75 Å². The van der Waals surface area contributed by atoms with Crippen molar-refractivity contribution in [1.29, 1.82) is 0 Å². The fourth-order valence-electron chi connectivity index (χ4n) is 2.41. The maximum absolute atomic E-state index is 12.4. The first-order valence-corrected chi connectivity index (χ1v) is 9.11. The molecule has 1 aromatic rings. The predicted octanol–water partition coefficient (Wildman–Crippen LogP) is 0.587. The summed E-state index contributed by atoms with van der Waals surface area (Å²) in [5.74, 6) is -1.94. The molecule has 0 bridgehead atoms. The van der Waals surface area contributed by atoms with Crippen molar-refractivity contribution >= 4 is 30.4 Å². The number of carbonyl (C=O) groups excluding carboxylic acids is 2. The van der Waals surface area contributed by atoms with Crippen LogP contribution in [0.4, 0.5) is 0 Å². The third-order valence-electron chi connectivity index (χ3n) is 3.77. The molecule has 0 heterocycles. The van der Waals surface area contributed by atoms with Crippen LogP contribution < -0.4 is 16.4 Å². The highest BCUT2D eigenvalue weighted by atomic mass is 32.1. The Labute approximate surface area is 159 Å². The summed E-state index contributed by atoms with van der Waals surface area (Å²) in [6.45, 7) is 3.88. The van der Waals surface area contributed by atoms with Gasteiger partial charge in [0, 0.05) is 12.2 Å². The van der Waals surface area contributed by atoms with Gasteiger partial charge in [-0.05, 0) is 17.9 Å². The van der Waals surface area contributed by atoms with Gasteiger partial charge in [-0.25, -0.2) is 4.79 Å². The number of hydrogen-bond acceptors (Lipinski definition) is 5. The second-order valence-electron chi connectivity index (χ2n) is 6.57. The minimum absolute atomic E-state index is 0.0314. The highest BCUT2D eigenvalue weighted by Crippen LogP contribution is 2.05. The molecule has 144 valence electrons. The Balaban J connectivity index is 2.70. The van der Waals surface area contributed by atoms with Crippen LogP contribution in [0, 0.1) is 5.92 Å². The number of nitrogens with two attached hydrogens (primary N) is 1. The summed E-state index contributed by atoms with van der Waals surface area (Å²) in [7, 11) is 0. The highest BCUT2D eigenvalue weighted by Gasteiger charge is 2.27. The van der Waals surface area contributed by atoms with Crippen LogP contribution in [0.25, 0.3) is 0 Å². The van der Waals surface area contributed by atoms with Gasteiger partial charge in [-0.2, -0.15) is 12.6 Å². The lowest BCUT2D eigenvalue weighted by Crippen LogP contribution is -2.55. The van der Waals surface area contributed by atoms with Crippen LogP contribution in [-0.4, -0.2) is 46.8 Å². The average Bonchev–Trinajstić information content (AvgIpc) is 2.58. The minimum atomic E-state index is -1.15. The summed E-state index contributed by atoms with van der Waals surface area (Å²) in [4.78, 5) is 35.9. The molecule has 0 aliphatic heterocycles. The van der Waals surface area contributed by atoms with E-state index in [4.69, 9.17) is 5.73 Å². The number of carboxylic acids is 1. The average molecular weight is 381 g/mol. The van der Waals surface area contributed by atoms with E-state index in [1.165, 1.54) is 0 Å². The smallest absolute Gasteiger partial charge is 0.326 e. The number of nitrogens with one attached hydrogen (secondary N) is 2. The number of carboxylic acid groups (broad SMARTS) is 1. The topological polar surface area (TPSA) is 122 Å². The largest absolute Gasteiger partial charge is 0.480 e. The molecule has 0 unspecified atom stereocenters. The van der Waals surface area contributed by atoms with Gasteiger partial charge in [0.05, 0.1) is 6.04 Å². The van der Waals surface area contributed by atoms with Gasteiger partial charge in [-0.3, -0.25) is 9.59 Å². The van der Waals surface area contributed by atoms with Crippen LogP contribution in [0.2, 0.25) is 0 Å². The Morgan fingerprint density at radius 2 is 1.65 bits per heavy atom. The molecular formula is C18H27N3O4S. The van der Waals surface area contributed by atoms with E-state index in [-0.39, 0.29) is 18.1 Å². The molecule has 0 fully saturated rings. The molecule has 0 aromatic heterocycles. The van der Waals surface area contributed by atoms with Crippen LogP contribution >= 0.6 is 12.6 Å². The Bertz CT molecular complexity index is 610. The van der Waals surface area contributed by atoms with E-state index in [1.54, 1.807) is 24.3 Å². The zero-order chi connectivity index (χ0) is 19.7. The number of benzene rings is 1. The first kappa shape index (κ1) is 22.0. The lowest BCUT2D eigenvalue weighted by Gasteiger charge is -2.22. The van der Waals surface area contributed by atoms with Crippen molar-refractivity contribution in [2.45, 2.75) is 44.8 Å². The lowest BCUT2D eigenvalue weighted by atomic mass is 10.0. The number of rotatable bonds is 10. The zero-order valence-electron chi connectivity index (χ0n) is 15.0. The maximum Gasteiger partial charge on any atom is 0.326 e. The van der Waals surface area contributed by atoms with Crippen molar-refractivity contribution in [3.05, 3.63) is 35.9 Å². The quantitative estimate of drug-likeness (QED) is 0.380. The summed E-state index contributed by atoms with van der Waals surface area (Å²) in [5.41, 5.74) is 6.59. The molecule has 0 spiro atoms. The fourth-order valence-corrected chi connectivity index (χ4v) is 2.67. The monoisotopic (exact) mass is 381 g/mol. The first-order chi connectivity index (χ1) is 12.2. The van der Waals surface area contributed by atoms with Crippen LogP contribution in [-0.2, 0) is 20.8 Å². The standard InChI is InChI=1S/C18H27N3O4S/c1-11(2)8-13(19)16(22)21-15(10-26)17(23)20-14(18(24)25)9-12-6-4-3-5-7-12/h3-7,11,13-15,26H,8-10,19H2,1-2H3,(H,20,23)(H,21,22)(H,24,25)/t13-,14-,15-/m0/s1. The first-order valence-electron chi connectivity index (χ1n) is 8.48. The molecule has 1 aromatic carbocycles. The molecule has 2 amide bonds. The molecule has 8 heteroatoms. The normalized spacial score (nSPS) is 14.3. The summed E-state index contributed by atoms with van der Waals surface area (Å²) in [5, 5.41) is 14.4. The van der Waals surface area contributed by atoms with Crippen LogP contribution in [0.1, 0.15) is 25.8 Å². The van der Waals surface area contributed by atoms with Crippen molar-refractivity contribution in [2.24, 2.45) is 11.7 Å². The van der Waals surface area contributed by atoms with Gasteiger partial charge in [-0.1, -0.05) is 44.2 Å². The van der Waals surface area contributed by atoms with E-state index in [0.717, 1.165) is 5.56 Å². The molecule has 5 N–H and O–H groups in total. The summed E-state index contributed by atoms with van der Waals surface area (Å²) in [6, 6.07) is 6.19. The van der Waals surface area contributed by atoms with Gasteiger partial charge in [0.1, 0.15) is 12.1 Å². The second-order valence-corrected chi connectivity index (χ2v) is 6.93. The number of hydrogen-bond donors (Lipinski definition) is 5. The number of amides is 2. The Kier molecular flexibility index (Phi) is 9.15. The molecule has 3 atom stereocenters. The van der Waals surface area contributed by atoms with Gasteiger partial charge in [-0.15, -0.1) is 0 Å². The van der Waals surface area contributed by atoms with Gasteiger partial charge in [0.15, 0.2) is 0 Å². The van der Waals surface area contributed by atoms with Crippen molar-refractivity contribution < 1.29 is 19.5 Å². The molecule has 0 aliphatic carbocycles. The molecule has 0 aliphatic rings. The van der Waals surface area contributed by atoms with Crippen molar-refractivity contribution in [3.8, 4) is 0 Å². The van der Waals surface area contributed by atoms with E-state index < -0.39 is 35.9 Å². The molecule has 7 nitrogen and oxygen atoms in total. The zero-order valence-corrected chi connectivity index (χ0v) is 15.9. The minimum Gasteiger partial charge on any atom is -0.480 e. The van der Waals surface area contributed by atoms with Gasteiger partial charge < -0.3 is 21.5 Å². The molecule has 0 saturated carbocycles. The van der Waals surface area contributed by atoms with Crippen LogP contribution in [0.15, 0.2) is 30.3 Å². The third kappa shape index (κ3) is 7.45. The van der Waals surface area contributed by atoms with E-state index >= 15 is 0 Å². The second kappa shape index (κ2) is 10.8. The van der Waals surface area contributed by atoms with Gasteiger partial charge in [0.25, 0.3) is 0 Å². The van der Waals surface area contributed by atoms with E-state index in [0.29, 0.717) is 6.42 Å². The molecule has 1 rings (SSSR count). The Morgan fingerprint density at radius 3 is 2.15 bits per heavy atom. The summed E-state index contributed by atoms with van der Waals surface area (Å²) < 4.78 is 0. The molecular weight excluding hydrogens is 354 g/mol. The molecule has 26 heavy (non-hydrogen) atoms. The maximum atomic E-state index is 12.4. The SMILES string of the molecule is CC(C)C[C@H](N)C(=O)N[C@@H](CS)C(=O)N[C@@H](Cc1ccccc1)C(=O)O. The lowest BCUT2D eigenvalue weighted by molar-refractivity contribution is -0.142. The Hall–Kier alpha value is -2.06. The van der Waals surface area contributed by atoms with E-state index in [2.05, 4.69) is 23.3 Å². The van der Waals surface area contributed by atoms with Crippen LogP contribution in [0.3, 0.4) is 0 Å². The van der Waals surface area contributed by atoms with Gasteiger partial charge >= 0.3 is 5.97 Å². The van der Waals surface area contributed by atoms with Crippen LogP contribution in [0.5, 0.6) is 0 Å². The summed E-state index contributed by atoms with van der Waals surface area (Å²) in [6.07, 6.45) is 0.626. The fraction of sp³-hybridized carbons (Fsp3) is 0.500. The number of thiol groups is 1. The number of carbonyl (C=O) groups is 3. The van der Waals surface area contributed by atoms with Gasteiger partial charge in [0.2, 0.25) is 11.8 Å². The third-order valence-corrected chi connectivity index (χ3v) is 4.14.